The van der Waals surface area contributed by atoms with Crippen molar-refractivity contribution in [3.05, 3.63) is 46.2 Å². The Morgan fingerprint density at radius 1 is 1.21 bits per heavy atom. The molecule has 2 aliphatic heterocycles. The summed E-state index contributed by atoms with van der Waals surface area (Å²) < 4.78 is 0. The number of likely N-dealkylation sites (tertiary alicyclic amines) is 1. The van der Waals surface area contributed by atoms with E-state index in [2.05, 4.69) is 55.0 Å². The first-order valence-corrected chi connectivity index (χ1v) is 13.6. The summed E-state index contributed by atoms with van der Waals surface area (Å²) in [6.45, 7) is 7.98. The number of hydrogen-bond acceptors (Lipinski definition) is 8. The number of nitrogens with zero attached hydrogens (tertiary/aromatic N) is 6. The molecule has 38 heavy (non-hydrogen) atoms. The molecule has 2 saturated heterocycles. The van der Waals surface area contributed by atoms with Gasteiger partial charge in [0.1, 0.15) is 0 Å². The van der Waals surface area contributed by atoms with Crippen molar-refractivity contribution < 1.29 is 4.79 Å². The Bertz CT molecular complexity index is 1200. The molecule has 9 nitrogen and oxygen atoms in total. The highest BCUT2D eigenvalue weighted by Crippen LogP contribution is 2.30. The summed E-state index contributed by atoms with van der Waals surface area (Å²) in [5.41, 5.74) is 8.29. The van der Waals surface area contributed by atoms with Gasteiger partial charge in [-0.3, -0.25) is 14.6 Å². The summed E-state index contributed by atoms with van der Waals surface area (Å²) in [6.07, 6.45) is 8.97. The number of amides is 1. The summed E-state index contributed by atoms with van der Waals surface area (Å²) in [5, 5.41) is 11.4. The number of nitrogens with one attached hydrogen (secondary N) is 1. The van der Waals surface area contributed by atoms with Crippen LogP contribution in [-0.2, 0) is 6.54 Å². The van der Waals surface area contributed by atoms with Crippen LogP contribution in [0.1, 0.15) is 54.2 Å². The number of piperidine rings is 1. The monoisotopic (exact) mass is 534 g/mol. The maximum Gasteiger partial charge on any atom is 0.273 e. The molecule has 0 aliphatic carbocycles. The Morgan fingerprint density at radius 3 is 2.61 bits per heavy atom. The van der Waals surface area contributed by atoms with Gasteiger partial charge in [-0.15, -0.1) is 6.42 Å². The average molecular weight is 535 g/mol. The fraction of sp³-hybridized carbons (Fsp3) is 0.500. The van der Waals surface area contributed by atoms with Crippen LogP contribution in [0, 0.1) is 23.7 Å². The zero-order valence-electron chi connectivity index (χ0n) is 21.9. The summed E-state index contributed by atoms with van der Waals surface area (Å²) in [6, 6.07) is 11.2. The Balaban J connectivity index is 1.34. The minimum absolute atomic E-state index is 0.0129. The second-order valence-corrected chi connectivity index (χ2v) is 10.2. The van der Waals surface area contributed by atoms with Crippen LogP contribution in [0.4, 0.5) is 11.6 Å². The number of hydrogen-bond donors (Lipinski definition) is 2. The van der Waals surface area contributed by atoms with E-state index < -0.39 is 5.91 Å². The molecule has 0 spiro atoms. The number of halogens is 1. The van der Waals surface area contributed by atoms with Gasteiger partial charge in [0.05, 0.1) is 12.5 Å². The summed E-state index contributed by atoms with van der Waals surface area (Å²) in [5.74, 6) is 2.75. The molecule has 200 valence electrons. The molecule has 0 radical (unpaired) electrons. The van der Waals surface area contributed by atoms with E-state index in [4.69, 9.17) is 29.0 Å². The Hall–Kier alpha value is -3.37. The minimum atomic E-state index is -0.481. The number of nitriles is 1. The molecule has 1 amide bonds. The number of terminal acetylenes is 1. The lowest BCUT2D eigenvalue weighted by Crippen LogP contribution is -2.58. The highest BCUT2D eigenvalue weighted by Gasteiger charge is 2.34. The highest BCUT2D eigenvalue weighted by molar-refractivity contribution is 6.32. The maximum absolute atomic E-state index is 12.4. The molecular formula is C28H35ClN8O. The molecule has 0 unspecified atom stereocenters. The molecule has 1 aromatic heterocycles. The lowest BCUT2D eigenvalue weighted by Gasteiger charge is -2.47. The van der Waals surface area contributed by atoms with Crippen LogP contribution < -0.4 is 16.0 Å². The maximum atomic E-state index is 12.4. The predicted molar refractivity (Wildman–Crippen MR) is 150 cm³/mol. The number of piperazine rings is 1. The molecule has 4 rings (SSSR count). The van der Waals surface area contributed by atoms with Gasteiger partial charge >= 0.3 is 0 Å². The van der Waals surface area contributed by atoms with Crippen molar-refractivity contribution in [2.75, 3.05) is 49.9 Å². The van der Waals surface area contributed by atoms with Crippen LogP contribution in [0.5, 0.6) is 0 Å². The van der Waals surface area contributed by atoms with Crippen molar-refractivity contribution in [2.24, 2.45) is 0 Å². The minimum Gasteiger partial charge on any atom is -0.382 e. The molecule has 2 fully saturated rings. The lowest BCUT2D eigenvalue weighted by atomic mass is 9.97. The zero-order valence-corrected chi connectivity index (χ0v) is 22.6. The first kappa shape index (κ1) is 27.7. The number of rotatable bonds is 8. The summed E-state index contributed by atoms with van der Waals surface area (Å²) in [4.78, 5) is 28.4. The SMILES string of the molecule is C#Cc1ccc(CN2CCC(N3CCN(c4nc(N)c(C(=O)NCCC#N)nc4Cl)C[C@@H]3CC)CC2)cc1. The quantitative estimate of drug-likeness (QED) is 0.392. The van der Waals surface area contributed by atoms with Gasteiger partial charge in [-0.05, 0) is 50.0 Å². The molecule has 3 N–H and O–H groups in total. The highest BCUT2D eigenvalue weighted by atomic mass is 35.5. The average Bonchev–Trinajstić information content (AvgIpc) is 2.94. The number of nitrogen functional groups attached to an aromatic ring is 1. The second-order valence-electron chi connectivity index (χ2n) is 9.83. The topological polar surface area (TPSA) is 114 Å². The standard InChI is InChI=1S/C28H35ClN8O/c1-3-20-6-8-21(9-7-20)18-35-14-10-23(11-15-35)37-17-16-36(19-22(37)4-2)27-25(29)33-24(26(31)34-27)28(38)32-13-5-12-30/h1,6-9,22-23H,4-5,10-11,13-19H2,2H3,(H2,31,34)(H,32,38)/t22-/m0/s1. The van der Waals surface area contributed by atoms with Crippen LogP contribution >= 0.6 is 11.6 Å². The number of carbonyl (C=O) groups is 1. The lowest BCUT2D eigenvalue weighted by molar-refractivity contribution is 0.0610. The Morgan fingerprint density at radius 2 is 1.95 bits per heavy atom. The molecule has 0 saturated carbocycles. The van der Waals surface area contributed by atoms with Crippen molar-refractivity contribution >= 4 is 29.1 Å². The molecule has 3 heterocycles. The van der Waals surface area contributed by atoms with E-state index in [1.165, 1.54) is 5.56 Å². The molecule has 0 bridgehead atoms. The van der Waals surface area contributed by atoms with E-state index in [-0.39, 0.29) is 29.6 Å². The summed E-state index contributed by atoms with van der Waals surface area (Å²) in [7, 11) is 0. The van der Waals surface area contributed by atoms with Crippen LogP contribution in [0.3, 0.4) is 0 Å². The van der Waals surface area contributed by atoms with Crippen molar-refractivity contribution in [3.8, 4) is 18.4 Å². The van der Waals surface area contributed by atoms with Gasteiger partial charge in [0.15, 0.2) is 22.5 Å². The van der Waals surface area contributed by atoms with Gasteiger partial charge in [0.25, 0.3) is 5.91 Å². The largest absolute Gasteiger partial charge is 0.382 e. The predicted octanol–water partition coefficient (Wildman–Crippen LogP) is 2.90. The normalized spacial score (nSPS) is 19.1. The third kappa shape index (κ3) is 6.54. The molecule has 2 aromatic rings. The van der Waals surface area contributed by atoms with E-state index >= 15 is 0 Å². The van der Waals surface area contributed by atoms with Crippen LogP contribution in [-0.4, -0.2) is 77.0 Å². The van der Waals surface area contributed by atoms with Gasteiger partial charge in [0, 0.05) is 50.4 Å². The van der Waals surface area contributed by atoms with Crippen molar-refractivity contribution in [1.82, 2.24) is 25.1 Å². The smallest absolute Gasteiger partial charge is 0.273 e. The van der Waals surface area contributed by atoms with Crippen molar-refractivity contribution in [3.63, 3.8) is 0 Å². The van der Waals surface area contributed by atoms with Gasteiger partial charge < -0.3 is 16.0 Å². The van der Waals surface area contributed by atoms with E-state index in [0.29, 0.717) is 17.9 Å². The van der Waals surface area contributed by atoms with Gasteiger partial charge in [-0.1, -0.05) is 36.6 Å². The number of aromatic nitrogens is 2. The third-order valence-electron chi connectivity index (χ3n) is 7.45. The van der Waals surface area contributed by atoms with E-state index in [1.54, 1.807) is 0 Å². The summed E-state index contributed by atoms with van der Waals surface area (Å²) >= 11 is 6.48. The van der Waals surface area contributed by atoms with Crippen molar-refractivity contribution in [1.29, 1.82) is 5.26 Å². The van der Waals surface area contributed by atoms with E-state index in [9.17, 15) is 4.79 Å². The van der Waals surface area contributed by atoms with Gasteiger partial charge in [0.2, 0.25) is 0 Å². The van der Waals surface area contributed by atoms with Crippen molar-refractivity contribution in [2.45, 2.75) is 51.2 Å². The van der Waals surface area contributed by atoms with Gasteiger partial charge in [-0.2, -0.15) is 5.26 Å². The Labute approximate surface area is 230 Å². The second kappa shape index (κ2) is 12.9. The number of carbonyl (C=O) groups excluding carboxylic acids is 1. The molecule has 1 aromatic carbocycles. The number of nitrogens with two attached hydrogens (primary N) is 1. The fourth-order valence-electron chi connectivity index (χ4n) is 5.38. The van der Waals surface area contributed by atoms with E-state index in [0.717, 1.165) is 64.1 Å². The van der Waals surface area contributed by atoms with Crippen LogP contribution in [0.2, 0.25) is 5.15 Å². The Kier molecular flexibility index (Phi) is 9.41. The molecule has 2 aliphatic rings. The zero-order chi connectivity index (χ0) is 27.1. The number of anilines is 2. The molecule has 10 heteroatoms. The first-order chi connectivity index (χ1) is 18.4. The van der Waals surface area contributed by atoms with Gasteiger partial charge in [-0.25, -0.2) is 9.97 Å². The molecule has 1 atom stereocenters. The van der Waals surface area contributed by atoms with Crippen LogP contribution in [0.15, 0.2) is 24.3 Å². The first-order valence-electron chi connectivity index (χ1n) is 13.2. The third-order valence-corrected chi connectivity index (χ3v) is 7.71. The van der Waals surface area contributed by atoms with E-state index in [1.807, 2.05) is 18.2 Å². The van der Waals surface area contributed by atoms with Crippen LogP contribution in [0.25, 0.3) is 0 Å². The fourth-order valence-corrected chi connectivity index (χ4v) is 5.63. The number of benzene rings is 1. The molecular weight excluding hydrogens is 500 g/mol.